The van der Waals surface area contributed by atoms with Crippen LogP contribution in [-0.4, -0.2) is 35.1 Å². The molecule has 1 aromatic rings. The Balaban J connectivity index is 2.89. The van der Waals surface area contributed by atoms with Gasteiger partial charge in [0.05, 0.1) is 18.8 Å². The van der Waals surface area contributed by atoms with E-state index in [1.165, 1.54) is 0 Å². The molecule has 1 aromatic heterocycles. The van der Waals surface area contributed by atoms with Crippen molar-refractivity contribution in [2.45, 2.75) is 18.9 Å². The van der Waals surface area contributed by atoms with Crippen molar-refractivity contribution in [3.8, 4) is 0 Å². The molecule has 0 fully saturated rings. The maximum atomic E-state index is 12.6. The highest BCUT2D eigenvalue weighted by Gasteiger charge is 2.39. The largest absolute Gasteiger partial charge is 0.437 e. The van der Waals surface area contributed by atoms with Crippen molar-refractivity contribution in [2.75, 3.05) is 18.9 Å². The van der Waals surface area contributed by atoms with Gasteiger partial charge in [-0.3, -0.25) is 9.48 Å². The minimum absolute atomic E-state index is 0.469. The van der Waals surface area contributed by atoms with E-state index in [0.717, 1.165) is 0 Å². The first-order valence-electron chi connectivity index (χ1n) is 5.31. The number of amides is 1. The zero-order valence-corrected chi connectivity index (χ0v) is 10.3. The number of alkyl halides is 6. The Labute approximate surface area is 113 Å². The van der Waals surface area contributed by atoms with Crippen LogP contribution in [0.25, 0.3) is 0 Å². The summed E-state index contributed by atoms with van der Waals surface area (Å²) in [6.45, 7) is -2.76. The lowest BCUT2D eigenvalue weighted by Gasteiger charge is -2.08. The van der Waals surface area contributed by atoms with E-state index in [9.17, 15) is 31.1 Å². The molecule has 12 heteroatoms. The van der Waals surface area contributed by atoms with E-state index in [-0.39, 0.29) is 0 Å². The zero-order chi connectivity index (χ0) is 16.4. The highest BCUT2D eigenvalue weighted by molar-refractivity contribution is 5.96. The van der Waals surface area contributed by atoms with Gasteiger partial charge < -0.3 is 16.2 Å². The van der Waals surface area contributed by atoms with E-state index in [2.05, 4.69) is 9.84 Å². The maximum Gasteiger partial charge on any atom is 0.437 e. The van der Waals surface area contributed by atoms with Gasteiger partial charge in [0.25, 0.3) is 5.91 Å². The molecule has 6 nitrogen and oxygen atoms in total. The predicted molar refractivity (Wildman–Crippen MR) is 57.0 cm³/mol. The van der Waals surface area contributed by atoms with Crippen LogP contribution in [0.15, 0.2) is 0 Å². The summed E-state index contributed by atoms with van der Waals surface area (Å²) in [5, 5.41) is 3.04. The van der Waals surface area contributed by atoms with Gasteiger partial charge in [-0.15, -0.1) is 0 Å². The summed E-state index contributed by atoms with van der Waals surface area (Å²) in [7, 11) is 0. The van der Waals surface area contributed by atoms with Crippen LogP contribution in [0.3, 0.4) is 0 Å². The highest BCUT2D eigenvalue weighted by Crippen LogP contribution is 2.34. The van der Waals surface area contributed by atoms with Gasteiger partial charge in [0.2, 0.25) is 0 Å². The molecule has 0 unspecified atom stereocenters. The molecule has 21 heavy (non-hydrogen) atoms. The first-order chi connectivity index (χ1) is 9.43. The summed E-state index contributed by atoms with van der Waals surface area (Å²) in [5.74, 6) is -1.29. The summed E-state index contributed by atoms with van der Waals surface area (Å²) in [6.07, 6.45) is -9.50. The first kappa shape index (κ1) is 17.1. The summed E-state index contributed by atoms with van der Waals surface area (Å²) in [6, 6.07) is 0. The van der Waals surface area contributed by atoms with E-state index in [1.54, 1.807) is 0 Å². The quantitative estimate of drug-likeness (QED) is 0.628. The topological polar surface area (TPSA) is 96.2 Å². The molecule has 0 saturated carbocycles. The molecule has 120 valence electrons. The number of nitrogens with two attached hydrogens (primary N) is 2. The Morgan fingerprint density at radius 1 is 1.24 bits per heavy atom. The van der Waals surface area contributed by atoms with Crippen LogP contribution < -0.4 is 11.5 Å². The number of ether oxygens (including phenoxy) is 1. The van der Waals surface area contributed by atoms with Crippen molar-refractivity contribution < 1.29 is 35.9 Å². The Kier molecular flexibility index (Phi) is 4.71. The fraction of sp³-hybridized carbons (Fsp3) is 0.556. The standard InChI is InChI=1S/C9H10F6N4O2/c10-8(11,12)3-21-2-1-19-5(7(17)20)4(16)6(18-19)9(13,14)15/h1-3,16H2,(H2,17,20). The van der Waals surface area contributed by atoms with Crippen molar-refractivity contribution in [1.82, 2.24) is 9.78 Å². The van der Waals surface area contributed by atoms with Gasteiger partial charge in [0.15, 0.2) is 5.69 Å². The van der Waals surface area contributed by atoms with Gasteiger partial charge in [-0.2, -0.15) is 31.4 Å². The number of carbonyl (C=O) groups excluding carboxylic acids is 1. The fourth-order valence-corrected chi connectivity index (χ4v) is 1.45. The number of aromatic nitrogens is 2. The summed E-state index contributed by atoms with van der Waals surface area (Å²) < 4.78 is 77.8. The first-order valence-corrected chi connectivity index (χ1v) is 5.31. The predicted octanol–water partition coefficient (Wildman–Crippen LogP) is 1.16. The molecule has 0 aromatic carbocycles. The monoisotopic (exact) mass is 320 g/mol. The lowest BCUT2D eigenvalue weighted by molar-refractivity contribution is -0.174. The lowest BCUT2D eigenvalue weighted by atomic mass is 10.2. The van der Waals surface area contributed by atoms with Gasteiger partial charge in [-0.25, -0.2) is 0 Å². The average molecular weight is 320 g/mol. The number of nitrogen functional groups attached to an aromatic ring is 1. The van der Waals surface area contributed by atoms with Crippen molar-refractivity contribution in [3.63, 3.8) is 0 Å². The molecule has 0 saturated heterocycles. The van der Waals surface area contributed by atoms with E-state index < -0.39 is 55.1 Å². The van der Waals surface area contributed by atoms with E-state index in [0.29, 0.717) is 4.68 Å². The average Bonchev–Trinajstić information content (AvgIpc) is 2.60. The third kappa shape index (κ3) is 4.51. The highest BCUT2D eigenvalue weighted by atomic mass is 19.4. The van der Waals surface area contributed by atoms with E-state index >= 15 is 0 Å². The van der Waals surface area contributed by atoms with Crippen molar-refractivity contribution in [2.24, 2.45) is 5.73 Å². The molecule has 0 bridgehead atoms. The van der Waals surface area contributed by atoms with E-state index in [1.807, 2.05) is 0 Å². The van der Waals surface area contributed by atoms with Gasteiger partial charge in [0.1, 0.15) is 12.3 Å². The number of primary amides is 1. The number of hydrogen-bond donors (Lipinski definition) is 2. The molecule has 0 aliphatic heterocycles. The maximum absolute atomic E-state index is 12.6. The number of rotatable bonds is 5. The van der Waals surface area contributed by atoms with Crippen LogP contribution in [0.2, 0.25) is 0 Å². The molecule has 0 spiro atoms. The molecular formula is C9H10F6N4O2. The molecular weight excluding hydrogens is 310 g/mol. The van der Waals surface area contributed by atoms with E-state index in [4.69, 9.17) is 11.5 Å². The van der Waals surface area contributed by atoms with Crippen LogP contribution in [-0.2, 0) is 17.5 Å². The second-order valence-electron chi connectivity index (χ2n) is 3.86. The molecule has 0 atom stereocenters. The summed E-state index contributed by atoms with van der Waals surface area (Å²) in [4.78, 5) is 11.1. The zero-order valence-electron chi connectivity index (χ0n) is 10.3. The molecule has 0 aliphatic rings. The molecule has 0 aliphatic carbocycles. The van der Waals surface area contributed by atoms with Gasteiger partial charge in [-0.05, 0) is 0 Å². The molecule has 1 amide bonds. The molecule has 4 N–H and O–H groups in total. The summed E-state index contributed by atoms with van der Waals surface area (Å²) >= 11 is 0. The third-order valence-corrected chi connectivity index (χ3v) is 2.20. The lowest BCUT2D eigenvalue weighted by Crippen LogP contribution is -2.23. The van der Waals surface area contributed by atoms with Gasteiger partial charge in [-0.1, -0.05) is 0 Å². The van der Waals surface area contributed by atoms with Crippen LogP contribution in [0.1, 0.15) is 16.2 Å². The minimum atomic E-state index is -4.92. The Morgan fingerprint density at radius 2 is 1.81 bits per heavy atom. The number of carbonyl (C=O) groups is 1. The molecule has 0 radical (unpaired) electrons. The summed E-state index contributed by atoms with van der Waals surface area (Å²) in [5.41, 5.74) is 6.76. The van der Waals surface area contributed by atoms with Gasteiger partial charge >= 0.3 is 12.4 Å². The normalized spacial score (nSPS) is 12.7. The van der Waals surface area contributed by atoms with Crippen LogP contribution in [0.4, 0.5) is 32.0 Å². The fourth-order valence-electron chi connectivity index (χ4n) is 1.45. The Morgan fingerprint density at radius 3 is 2.24 bits per heavy atom. The van der Waals surface area contributed by atoms with Crippen molar-refractivity contribution in [3.05, 3.63) is 11.4 Å². The third-order valence-electron chi connectivity index (χ3n) is 2.20. The number of hydrogen-bond acceptors (Lipinski definition) is 4. The number of anilines is 1. The number of halogens is 6. The SMILES string of the molecule is NC(=O)c1c(N)c(C(F)(F)F)nn1CCOCC(F)(F)F. The van der Waals surface area contributed by atoms with Crippen LogP contribution >= 0.6 is 0 Å². The Hall–Kier alpha value is -1.98. The second kappa shape index (κ2) is 5.79. The van der Waals surface area contributed by atoms with Crippen LogP contribution in [0, 0.1) is 0 Å². The minimum Gasteiger partial charge on any atom is -0.395 e. The molecule has 1 rings (SSSR count). The van der Waals surface area contributed by atoms with Crippen molar-refractivity contribution >= 4 is 11.6 Å². The second-order valence-corrected chi connectivity index (χ2v) is 3.86. The smallest absolute Gasteiger partial charge is 0.395 e. The Bertz CT molecular complexity index is 522. The van der Waals surface area contributed by atoms with Crippen molar-refractivity contribution in [1.29, 1.82) is 0 Å². The number of nitrogens with zero attached hydrogens (tertiary/aromatic N) is 2. The molecule has 1 heterocycles. The van der Waals surface area contributed by atoms with Crippen LogP contribution in [0.5, 0.6) is 0 Å². The van der Waals surface area contributed by atoms with Gasteiger partial charge in [0, 0.05) is 0 Å².